The smallest absolute Gasteiger partial charge is 0.371 e. The standard InChI is InChI=1S/C12H15NO3S/c1-4-12(2,3)11-9-7-5-6-8-10(9)16-17(14,15)13-11/h4-8,11,13H,1H2,2-3H3/t11-/m0/s1. The predicted molar refractivity (Wildman–Crippen MR) is 65.8 cm³/mol. The van der Waals surface area contributed by atoms with Gasteiger partial charge in [-0.2, -0.15) is 13.1 Å². The molecule has 0 spiro atoms. The monoisotopic (exact) mass is 253 g/mol. The van der Waals surface area contributed by atoms with Crippen molar-refractivity contribution in [2.24, 2.45) is 5.41 Å². The number of para-hydroxylation sites is 1. The zero-order chi connectivity index (χ0) is 12.7. The van der Waals surface area contributed by atoms with E-state index >= 15 is 0 Å². The summed E-state index contributed by atoms with van der Waals surface area (Å²) in [6.45, 7) is 7.60. The summed E-state index contributed by atoms with van der Waals surface area (Å²) in [5.41, 5.74) is 0.430. The molecule has 1 atom stereocenters. The van der Waals surface area contributed by atoms with Crippen molar-refractivity contribution in [2.75, 3.05) is 0 Å². The van der Waals surface area contributed by atoms with E-state index in [9.17, 15) is 8.42 Å². The van der Waals surface area contributed by atoms with Crippen molar-refractivity contribution in [3.8, 4) is 5.75 Å². The summed E-state index contributed by atoms with van der Waals surface area (Å²) < 4.78 is 30.7. The number of benzene rings is 1. The highest BCUT2D eigenvalue weighted by Crippen LogP contribution is 2.41. The highest BCUT2D eigenvalue weighted by molar-refractivity contribution is 7.85. The van der Waals surface area contributed by atoms with Gasteiger partial charge in [-0.25, -0.2) is 0 Å². The van der Waals surface area contributed by atoms with Gasteiger partial charge in [0.2, 0.25) is 0 Å². The Hall–Kier alpha value is -1.33. The van der Waals surface area contributed by atoms with Gasteiger partial charge in [-0.1, -0.05) is 38.1 Å². The van der Waals surface area contributed by atoms with Crippen LogP contribution in [0.4, 0.5) is 0 Å². The second-order valence-corrected chi connectivity index (χ2v) is 5.96. The van der Waals surface area contributed by atoms with Crippen LogP contribution in [0.5, 0.6) is 5.75 Å². The lowest BCUT2D eigenvalue weighted by Crippen LogP contribution is -2.42. The Morgan fingerprint density at radius 2 is 2.06 bits per heavy atom. The summed E-state index contributed by atoms with van der Waals surface area (Å²) >= 11 is 0. The van der Waals surface area contributed by atoms with Crippen LogP contribution < -0.4 is 8.91 Å². The second kappa shape index (κ2) is 3.85. The molecule has 1 aromatic carbocycles. The normalized spacial score (nSPS) is 22.4. The molecule has 0 aromatic heterocycles. The molecule has 2 rings (SSSR count). The van der Waals surface area contributed by atoms with Crippen LogP contribution >= 0.6 is 0 Å². The SMILES string of the molecule is C=CC(C)(C)[C@H]1NS(=O)(=O)Oc2ccccc21. The van der Waals surface area contributed by atoms with Gasteiger partial charge in [0.05, 0.1) is 6.04 Å². The number of fused-ring (bicyclic) bond motifs is 1. The second-order valence-electron chi connectivity index (χ2n) is 4.65. The average Bonchev–Trinajstić information content (AvgIpc) is 2.26. The van der Waals surface area contributed by atoms with E-state index in [0.29, 0.717) is 5.75 Å². The van der Waals surface area contributed by atoms with Gasteiger partial charge < -0.3 is 4.18 Å². The molecule has 0 radical (unpaired) electrons. The number of hydrogen-bond donors (Lipinski definition) is 1. The highest BCUT2D eigenvalue weighted by atomic mass is 32.2. The van der Waals surface area contributed by atoms with Crippen molar-refractivity contribution in [1.82, 2.24) is 4.72 Å². The lowest BCUT2D eigenvalue weighted by molar-refractivity contribution is 0.318. The highest BCUT2D eigenvalue weighted by Gasteiger charge is 2.38. The van der Waals surface area contributed by atoms with E-state index in [1.54, 1.807) is 18.2 Å². The molecule has 1 aliphatic heterocycles. The minimum Gasteiger partial charge on any atom is -0.371 e. The number of hydrogen-bond acceptors (Lipinski definition) is 3. The molecule has 1 aliphatic rings. The maximum Gasteiger partial charge on any atom is 0.383 e. The van der Waals surface area contributed by atoms with E-state index < -0.39 is 15.7 Å². The molecular weight excluding hydrogens is 238 g/mol. The molecule has 1 N–H and O–H groups in total. The zero-order valence-electron chi connectivity index (χ0n) is 9.80. The summed E-state index contributed by atoms with van der Waals surface area (Å²) in [5.74, 6) is 0.381. The van der Waals surface area contributed by atoms with E-state index in [1.165, 1.54) is 0 Å². The van der Waals surface area contributed by atoms with Gasteiger partial charge in [-0.15, -0.1) is 6.58 Å². The Morgan fingerprint density at radius 3 is 2.71 bits per heavy atom. The fourth-order valence-corrected chi connectivity index (χ4v) is 2.97. The summed E-state index contributed by atoms with van der Waals surface area (Å²) in [6, 6.07) is 6.74. The third kappa shape index (κ3) is 2.21. The van der Waals surface area contributed by atoms with Gasteiger partial charge in [-0.3, -0.25) is 0 Å². The van der Waals surface area contributed by atoms with Crippen molar-refractivity contribution in [3.05, 3.63) is 42.5 Å². The van der Waals surface area contributed by atoms with Crippen LogP contribution in [0.1, 0.15) is 25.5 Å². The van der Waals surface area contributed by atoms with Gasteiger partial charge in [-0.05, 0) is 6.07 Å². The summed E-state index contributed by atoms with van der Waals surface area (Å²) in [4.78, 5) is 0. The van der Waals surface area contributed by atoms with Crippen molar-refractivity contribution in [3.63, 3.8) is 0 Å². The lowest BCUT2D eigenvalue weighted by Gasteiger charge is -2.35. The number of nitrogens with one attached hydrogen (secondary N) is 1. The molecule has 0 unspecified atom stereocenters. The van der Waals surface area contributed by atoms with Crippen LogP contribution in [-0.4, -0.2) is 8.42 Å². The minimum atomic E-state index is -3.74. The van der Waals surface area contributed by atoms with Gasteiger partial charge in [0, 0.05) is 11.0 Å². The maximum absolute atomic E-state index is 11.6. The van der Waals surface area contributed by atoms with E-state index in [0.717, 1.165) is 5.56 Å². The van der Waals surface area contributed by atoms with Crippen LogP contribution in [0, 0.1) is 5.41 Å². The maximum atomic E-state index is 11.6. The molecule has 1 aromatic rings. The van der Waals surface area contributed by atoms with E-state index in [2.05, 4.69) is 11.3 Å². The first-order chi connectivity index (χ1) is 7.86. The molecule has 0 saturated heterocycles. The van der Waals surface area contributed by atoms with Crippen LogP contribution in [0.2, 0.25) is 0 Å². The van der Waals surface area contributed by atoms with E-state index in [4.69, 9.17) is 4.18 Å². The molecule has 4 nitrogen and oxygen atoms in total. The molecule has 0 fully saturated rings. The molecule has 0 bridgehead atoms. The van der Waals surface area contributed by atoms with Crippen LogP contribution in [0.25, 0.3) is 0 Å². The largest absolute Gasteiger partial charge is 0.383 e. The Labute approximate surface area is 102 Å². The Kier molecular flexibility index (Phi) is 2.75. The number of rotatable bonds is 2. The molecular formula is C12H15NO3S. The molecule has 92 valence electrons. The fraction of sp³-hybridized carbons (Fsp3) is 0.333. The van der Waals surface area contributed by atoms with Crippen molar-refractivity contribution in [1.29, 1.82) is 0 Å². The topological polar surface area (TPSA) is 55.4 Å². The van der Waals surface area contributed by atoms with Gasteiger partial charge >= 0.3 is 10.3 Å². The first-order valence-electron chi connectivity index (χ1n) is 5.30. The van der Waals surface area contributed by atoms with Crippen molar-refractivity contribution < 1.29 is 12.6 Å². The minimum absolute atomic E-state index is 0.366. The Balaban J connectivity index is 2.58. The third-order valence-corrected chi connectivity index (χ3v) is 3.89. The fourth-order valence-electron chi connectivity index (χ4n) is 1.82. The molecule has 17 heavy (non-hydrogen) atoms. The van der Waals surface area contributed by atoms with Crippen LogP contribution in [-0.2, 0) is 10.3 Å². The lowest BCUT2D eigenvalue weighted by atomic mass is 9.81. The quantitative estimate of drug-likeness (QED) is 0.822. The van der Waals surface area contributed by atoms with Crippen molar-refractivity contribution >= 4 is 10.3 Å². The molecule has 0 aliphatic carbocycles. The Morgan fingerprint density at radius 1 is 1.41 bits per heavy atom. The first-order valence-corrected chi connectivity index (χ1v) is 6.71. The van der Waals surface area contributed by atoms with E-state index in [1.807, 2.05) is 26.0 Å². The van der Waals surface area contributed by atoms with Crippen LogP contribution in [0.15, 0.2) is 36.9 Å². The van der Waals surface area contributed by atoms with Gasteiger partial charge in [0.15, 0.2) is 0 Å². The molecule has 5 heteroatoms. The predicted octanol–water partition coefficient (Wildman–Crippen LogP) is 2.17. The Bertz CT molecular complexity index is 549. The van der Waals surface area contributed by atoms with Gasteiger partial charge in [0.25, 0.3) is 0 Å². The summed E-state index contributed by atoms with van der Waals surface area (Å²) in [7, 11) is -3.74. The molecule has 0 saturated carbocycles. The summed E-state index contributed by atoms with van der Waals surface area (Å²) in [5, 5.41) is 0. The summed E-state index contributed by atoms with van der Waals surface area (Å²) in [6.07, 6.45) is 1.74. The molecule has 1 heterocycles. The molecule has 0 amide bonds. The third-order valence-electron chi connectivity index (χ3n) is 2.96. The average molecular weight is 253 g/mol. The van der Waals surface area contributed by atoms with Gasteiger partial charge in [0.1, 0.15) is 5.75 Å². The zero-order valence-corrected chi connectivity index (χ0v) is 10.6. The first kappa shape index (κ1) is 12.1. The van der Waals surface area contributed by atoms with E-state index in [-0.39, 0.29) is 6.04 Å². The van der Waals surface area contributed by atoms with Crippen molar-refractivity contribution in [2.45, 2.75) is 19.9 Å². The van der Waals surface area contributed by atoms with Crippen LogP contribution in [0.3, 0.4) is 0 Å².